The molecule has 0 saturated carbocycles. The van der Waals surface area contributed by atoms with Crippen molar-refractivity contribution < 1.29 is 32.5 Å². The number of hydrogen-bond donors (Lipinski definition) is 1. The lowest BCUT2D eigenvalue weighted by atomic mass is 10.2. The zero-order chi connectivity index (χ0) is 13.9. The van der Waals surface area contributed by atoms with Gasteiger partial charge in [0.25, 0.3) is 0 Å². The molecule has 100 valence electrons. The molecule has 0 fully saturated rings. The second-order valence-electron chi connectivity index (χ2n) is 3.06. The van der Waals surface area contributed by atoms with Gasteiger partial charge in [0.15, 0.2) is 5.75 Å². The smallest absolute Gasteiger partial charge is 0.481 e. The van der Waals surface area contributed by atoms with Gasteiger partial charge >= 0.3 is 12.3 Å². The van der Waals surface area contributed by atoms with Crippen LogP contribution in [-0.4, -0.2) is 29.5 Å². The molecule has 0 aromatic carbocycles. The van der Waals surface area contributed by atoms with Crippen LogP contribution in [0.4, 0.5) is 13.2 Å². The number of ether oxygens (including phenoxy) is 2. The fraction of sp³-hybridized carbons (Fsp3) is 0.333. The van der Waals surface area contributed by atoms with Crippen LogP contribution >= 0.6 is 22.6 Å². The molecule has 0 radical (unpaired) electrons. The molecule has 5 nitrogen and oxygen atoms in total. The number of alkyl halides is 3. The van der Waals surface area contributed by atoms with Crippen LogP contribution in [0.2, 0.25) is 0 Å². The highest BCUT2D eigenvalue weighted by Gasteiger charge is 2.32. The molecule has 0 bridgehead atoms. The van der Waals surface area contributed by atoms with Crippen molar-refractivity contribution in [1.82, 2.24) is 4.98 Å². The van der Waals surface area contributed by atoms with E-state index in [4.69, 9.17) is 9.84 Å². The standard InChI is InChI=1S/C9H7F3INO4/c1-17-8-4(3-6(15)16)2-5(7(13)14-8)18-9(10,11)12/h2H,3H2,1H3,(H,15,16). The topological polar surface area (TPSA) is 68.7 Å². The van der Waals surface area contributed by atoms with Crippen molar-refractivity contribution >= 4 is 28.6 Å². The van der Waals surface area contributed by atoms with E-state index in [9.17, 15) is 18.0 Å². The van der Waals surface area contributed by atoms with Gasteiger partial charge in [-0.25, -0.2) is 4.98 Å². The number of hydrogen-bond acceptors (Lipinski definition) is 4. The number of rotatable bonds is 4. The summed E-state index contributed by atoms with van der Waals surface area (Å²) in [4.78, 5) is 14.3. The minimum absolute atomic E-state index is 0.00432. The first-order valence-electron chi connectivity index (χ1n) is 4.44. The maximum Gasteiger partial charge on any atom is 0.573 e. The molecule has 18 heavy (non-hydrogen) atoms. The summed E-state index contributed by atoms with van der Waals surface area (Å²) < 4.78 is 44.7. The van der Waals surface area contributed by atoms with E-state index >= 15 is 0 Å². The highest BCUT2D eigenvalue weighted by Crippen LogP contribution is 2.31. The first-order chi connectivity index (χ1) is 8.23. The number of nitrogens with zero attached hydrogens (tertiary/aromatic N) is 1. The van der Waals surface area contributed by atoms with Crippen LogP contribution in [0.15, 0.2) is 6.07 Å². The Labute approximate surface area is 113 Å². The van der Waals surface area contributed by atoms with Crippen LogP contribution in [0.5, 0.6) is 11.6 Å². The summed E-state index contributed by atoms with van der Waals surface area (Å²) in [6.45, 7) is 0. The summed E-state index contributed by atoms with van der Waals surface area (Å²) in [5.41, 5.74) is 0.00432. The summed E-state index contributed by atoms with van der Waals surface area (Å²) in [5.74, 6) is -1.81. The molecule has 0 amide bonds. The molecule has 0 aliphatic heterocycles. The Balaban J connectivity index is 3.16. The summed E-state index contributed by atoms with van der Waals surface area (Å²) in [6.07, 6.45) is -5.38. The molecule has 0 aliphatic carbocycles. The first kappa shape index (κ1) is 14.8. The molecule has 0 aliphatic rings. The van der Waals surface area contributed by atoms with Gasteiger partial charge in [0, 0.05) is 5.56 Å². The minimum Gasteiger partial charge on any atom is -0.481 e. The second kappa shape index (κ2) is 5.59. The van der Waals surface area contributed by atoms with Crippen molar-refractivity contribution in [3.05, 3.63) is 15.3 Å². The van der Waals surface area contributed by atoms with Crippen molar-refractivity contribution in [2.45, 2.75) is 12.8 Å². The third-order valence-electron chi connectivity index (χ3n) is 1.74. The lowest BCUT2D eigenvalue weighted by Gasteiger charge is -2.13. The van der Waals surface area contributed by atoms with E-state index in [1.807, 2.05) is 0 Å². The Morgan fingerprint density at radius 3 is 2.61 bits per heavy atom. The molecule has 0 unspecified atom stereocenters. The molecule has 0 atom stereocenters. The van der Waals surface area contributed by atoms with Crippen LogP contribution < -0.4 is 9.47 Å². The molecule has 1 heterocycles. The van der Waals surface area contributed by atoms with Crippen LogP contribution in [0.3, 0.4) is 0 Å². The summed E-state index contributed by atoms with van der Waals surface area (Å²) in [6, 6.07) is 0.954. The van der Waals surface area contributed by atoms with Gasteiger partial charge in [0.05, 0.1) is 13.5 Å². The zero-order valence-corrected chi connectivity index (χ0v) is 11.1. The van der Waals surface area contributed by atoms with Gasteiger partial charge in [-0.2, -0.15) is 0 Å². The molecule has 1 N–H and O–H groups in total. The summed E-state index contributed by atoms with van der Waals surface area (Å²) in [7, 11) is 1.24. The summed E-state index contributed by atoms with van der Waals surface area (Å²) in [5, 5.41) is 8.63. The Bertz CT molecular complexity index is 464. The Morgan fingerprint density at radius 1 is 1.56 bits per heavy atom. The number of carboxylic acids is 1. The number of aromatic nitrogens is 1. The largest absolute Gasteiger partial charge is 0.573 e. The van der Waals surface area contributed by atoms with E-state index < -0.39 is 24.5 Å². The Morgan fingerprint density at radius 2 is 2.17 bits per heavy atom. The number of carboxylic acid groups (broad SMARTS) is 1. The maximum absolute atomic E-state index is 12.1. The first-order valence-corrected chi connectivity index (χ1v) is 5.51. The van der Waals surface area contributed by atoms with E-state index in [1.54, 1.807) is 0 Å². The lowest BCUT2D eigenvalue weighted by molar-refractivity contribution is -0.275. The SMILES string of the molecule is COc1nc(I)c(OC(F)(F)F)cc1CC(=O)O. The van der Waals surface area contributed by atoms with E-state index in [2.05, 4.69) is 9.72 Å². The van der Waals surface area contributed by atoms with Gasteiger partial charge in [-0.15, -0.1) is 13.2 Å². The minimum atomic E-state index is -4.86. The number of methoxy groups -OCH3 is 1. The van der Waals surface area contributed by atoms with Gasteiger partial charge in [0.2, 0.25) is 5.88 Å². The van der Waals surface area contributed by atoms with Crippen LogP contribution in [-0.2, 0) is 11.2 Å². The third-order valence-corrected chi connectivity index (χ3v) is 2.52. The average Bonchev–Trinajstić information content (AvgIpc) is 2.19. The van der Waals surface area contributed by atoms with Crippen LogP contribution in [0, 0.1) is 3.70 Å². The van der Waals surface area contributed by atoms with Crippen molar-refractivity contribution in [3.8, 4) is 11.6 Å². The highest BCUT2D eigenvalue weighted by atomic mass is 127. The van der Waals surface area contributed by atoms with E-state index in [-0.39, 0.29) is 15.1 Å². The Kier molecular flexibility index (Phi) is 4.59. The number of carbonyl (C=O) groups is 1. The van der Waals surface area contributed by atoms with Crippen molar-refractivity contribution in [3.63, 3.8) is 0 Å². The van der Waals surface area contributed by atoms with Gasteiger partial charge in [-0.1, -0.05) is 0 Å². The highest BCUT2D eigenvalue weighted by molar-refractivity contribution is 14.1. The average molecular weight is 377 g/mol. The predicted molar refractivity (Wildman–Crippen MR) is 61.5 cm³/mol. The molecule has 9 heteroatoms. The zero-order valence-electron chi connectivity index (χ0n) is 8.92. The van der Waals surface area contributed by atoms with Crippen molar-refractivity contribution in [1.29, 1.82) is 0 Å². The van der Waals surface area contributed by atoms with Crippen LogP contribution in [0.25, 0.3) is 0 Å². The monoisotopic (exact) mass is 377 g/mol. The molecule has 1 rings (SSSR count). The summed E-state index contributed by atoms with van der Waals surface area (Å²) >= 11 is 1.54. The maximum atomic E-state index is 12.1. The lowest BCUT2D eigenvalue weighted by Crippen LogP contribution is -2.18. The molecule has 0 saturated heterocycles. The van der Waals surface area contributed by atoms with Crippen LogP contribution in [0.1, 0.15) is 5.56 Å². The van der Waals surface area contributed by atoms with E-state index in [0.29, 0.717) is 0 Å². The predicted octanol–water partition coefficient (Wildman–Crippen LogP) is 2.22. The van der Waals surface area contributed by atoms with Gasteiger partial charge < -0.3 is 14.6 Å². The van der Waals surface area contributed by atoms with Gasteiger partial charge in [-0.05, 0) is 28.7 Å². The van der Waals surface area contributed by atoms with E-state index in [1.165, 1.54) is 29.7 Å². The number of aliphatic carboxylic acids is 1. The molecule has 0 spiro atoms. The molecule has 1 aromatic heterocycles. The third kappa shape index (κ3) is 4.20. The van der Waals surface area contributed by atoms with Crippen molar-refractivity contribution in [2.24, 2.45) is 0 Å². The molecular formula is C9H7F3INO4. The quantitative estimate of drug-likeness (QED) is 0.644. The fourth-order valence-electron chi connectivity index (χ4n) is 1.16. The number of halogens is 4. The normalized spacial score (nSPS) is 11.2. The van der Waals surface area contributed by atoms with Gasteiger partial charge in [0.1, 0.15) is 3.70 Å². The number of pyridine rings is 1. The fourth-order valence-corrected chi connectivity index (χ4v) is 1.64. The van der Waals surface area contributed by atoms with E-state index in [0.717, 1.165) is 6.07 Å². The van der Waals surface area contributed by atoms with Crippen molar-refractivity contribution in [2.75, 3.05) is 7.11 Å². The molecular weight excluding hydrogens is 370 g/mol. The Hall–Kier alpha value is -1.26. The second-order valence-corrected chi connectivity index (χ2v) is 4.09. The molecule has 1 aromatic rings. The van der Waals surface area contributed by atoms with Gasteiger partial charge in [-0.3, -0.25) is 4.79 Å².